The van der Waals surface area contributed by atoms with E-state index < -0.39 is 0 Å². The lowest BCUT2D eigenvalue weighted by molar-refractivity contribution is 0.0369. The van der Waals surface area contributed by atoms with Gasteiger partial charge >= 0.3 is 0 Å². The predicted octanol–water partition coefficient (Wildman–Crippen LogP) is 2.14. The molecule has 0 heterocycles. The maximum absolute atomic E-state index is 5.19. The maximum Gasteiger partial charge on any atom is 0.0641 e. The van der Waals surface area contributed by atoms with Crippen molar-refractivity contribution in [2.75, 3.05) is 26.8 Å². The zero-order chi connectivity index (χ0) is 9.61. The Labute approximate surface area is 76.9 Å². The second-order valence-electron chi connectivity index (χ2n) is 3.83. The average Bonchev–Trinajstić information content (AvgIpc) is 1.99. The number of likely N-dealkylation sites (N-methyl/N-ethyl adjacent to an activating group) is 1. The largest absolute Gasteiger partial charge is 0.383 e. The SMILES string of the molecule is CCCN(CC)C(C)(C)COC. The molecule has 0 unspecified atom stereocenters. The number of methoxy groups -OCH3 is 1. The summed E-state index contributed by atoms with van der Waals surface area (Å²) in [6.07, 6.45) is 1.21. The molecule has 0 rings (SSSR count). The van der Waals surface area contributed by atoms with E-state index in [0.717, 1.165) is 19.7 Å². The Morgan fingerprint density at radius 2 is 1.83 bits per heavy atom. The minimum absolute atomic E-state index is 0.180. The summed E-state index contributed by atoms with van der Waals surface area (Å²) >= 11 is 0. The molecule has 12 heavy (non-hydrogen) atoms. The van der Waals surface area contributed by atoms with Crippen molar-refractivity contribution in [3.8, 4) is 0 Å². The van der Waals surface area contributed by atoms with Crippen LogP contribution in [0.25, 0.3) is 0 Å². The summed E-state index contributed by atoms with van der Waals surface area (Å²) in [6, 6.07) is 0. The summed E-state index contributed by atoms with van der Waals surface area (Å²) < 4.78 is 5.19. The van der Waals surface area contributed by atoms with Gasteiger partial charge in [0.05, 0.1) is 6.61 Å². The minimum Gasteiger partial charge on any atom is -0.383 e. The van der Waals surface area contributed by atoms with Crippen molar-refractivity contribution in [3.05, 3.63) is 0 Å². The lowest BCUT2D eigenvalue weighted by Gasteiger charge is -2.37. The van der Waals surface area contributed by atoms with Crippen LogP contribution in [-0.2, 0) is 4.74 Å². The number of nitrogens with zero attached hydrogens (tertiary/aromatic N) is 1. The third kappa shape index (κ3) is 3.55. The molecule has 0 fully saturated rings. The topological polar surface area (TPSA) is 12.5 Å². The first-order chi connectivity index (χ1) is 5.58. The van der Waals surface area contributed by atoms with Crippen molar-refractivity contribution in [2.24, 2.45) is 0 Å². The van der Waals surface area contributed by atoms with Gasteiger partial charge in [-0.05, 0) is 33.4 Å². The first-order valence-electron chi connectivity index (χ1n) is 4.82. The molecule has 0 atom stereocenters. The van der Waals surface area contributed by atoms with Crippen molar-refractivity contribution in [2.45, 2.75) is 39.7 Å². The van der Waals surface area contributed by atoms with E-state index in [4.69, 9.17) is 4.74 Å². The third-order valence-corrected chi connectivity index (χ3v) is 2.23. The summed E-state index contributed by atoms with van der Waals surface area (Å²) in [5.41, 5.74) is 0.180. The first-order valence-corrected chi connectivity index (χ1v) is 4.82. The Balaban J connectivity index is 4.05. The van der Waals surface area contributed by atoms with Crippen LogP contribution in [0.15, 0.2) is 0 Å². The van der Waals surface area contributed by atoms with E-state index in [0.29, 0.717) is 0 Å². The van der Waals surface area contributed by atoms with E-state index in [1.54, 1.807) is 7.11 Å². The minimum atomic E-state index is 0.180. The second kappa shape index (κ2) is 5.55. The van der Waals surface area contributed by atoms with E-state index in [9.17, 15) is 0 Å². The summed E-state index contributed by atoms with van der Waals surface area (Å²) in [6.45, 7) is 11.9. The molecule has 0 aromatic rings. The summed E-state index contributed by atoms with van der Waals surface area (Å²) in [5.74, 6) is 0. The summed E-state index contributed by atoms with van der Waals surface area (Å²) in [5, 5.41) is 0. The van der Waals surface area contributed by atoms with E-state index in [1.807, 2.05) is 0 Å². The molecule has 2 heteroatoms. The average molecular weight is 173 g/mol. The van der Waals surface area contributed by atoms with Crippen LogP contribution < -0.4 is 0 Å². The zero-order valence-corrected chi connectivity index (χ0v) is 9.18. The zero-order valence-electron chi connectivity index (χ0n) is 9.18. The molecule has 74 valence electrons. The maximum atomic E-state index is 5.19. The van der Waals surface area contributed by atoms with Gasteiger partial charge in [-0.15, -0.1) is 0 Å². The lowest BCUT2D eigenvalue weighted by Crippen LogP contribution is -2.47. The van der Waals surface area contributed by atoms with Crippen LogP contribution >= 0.6 is 0 Å². The van der Waals surface area contributed by atoms with E-state index in [2.05, 4.69) is 32.6 Å². The standard InChI is InChI=1S/C10H23NO/c1-6-8-11(7-2)10(3,4)9-12-5/h6-9H2,1-5H3. The highest BCUT2D eigenvalue weighted by molar-refractivity contribution is 4.79. The normalized spacial score (nSPS) is 12.5. The lowest BCUT2D eigenvalue weighted by atomic mass is 10.0. The molecule has 0 radical (unpaired) electrons. The third-order valence-electron chi connectivity index (χ3n) is 2.23. The van der Waals surface area contributed by atoms with Gasteiger partial charge in [-0.3, -0.25) is 4.90 Å². The highest BCUT2D eigenvalue weighted by Gasteiger charge is 2.24. The van der Waals surface area contributed by atoms with Crippen LogP contribution in [0, 0.1) is 0 Å². The predicted molar refractivity (Wildman–Crippen MR) is 53.5 cm³/mol. The van der Waals surface area contributed by atoms with E-state index >= 15 is 0 Å². The molecule has 0 bridgehead atoms. The van der Waals surface area contributed by atoms with E-state index in [-0.39, 0.29) is 5.54 Å². The van der Waals surface area contributed by atoms with Crippen LogP contribution in [-0.4, -0.2) is 37.2 Å². The Morgan fingerprint density at radius 3 is 2.17 bits per heavy atom. The molecule has 0 aliphatic heterocycles. The van der Waals surface area contributed by atoms with Crippen molar-refractivity contribution in [3.63, 3.8) is 0 Å². The van der Waals surface area contributed by atoms with Gasteiger partial charge < -0.3 is 4.74 Å². The van der Waals surface area contributed by atoms with Gasteiger partial charge in [0.25, 0.3) is 0 Å². The molecule has 0 saturated carbocycles. The number of hydrogen-bond acceptors (Lipinski definition) is 2. The van der Waals surface area contributed by atoms with Crippen molar-refractivity contribution in [1.82, 2.24) is 4.90 Å². The smallest absolute Gasteiger partial charge is 0.0641 e. The number of hydrogen-bond donors (Lipinski definition) is 0. The fourth-order valence-electron chi connectivity index (χ4n) is 1.60. The van der Waals surface area contributed by atoms with Gasteiger partial charge in [-0.1, -0.05) is 13.8 Å². The Kier molecular flexibility index (Phi) is 5.51. The van der Waals surface area contributed by atoms with Crippen molar-refractivity contribution in [1.29, 1.82) is 0 Å². The monoisotopic (exact) mass is 173 g/mol. The van der Waals surface area contributed by atoms with Crippen LogP contribution in [0.2, 0.25) is 0 Å². The quantitative estimate of drug-likeness (QED) is 0.610. The van der Waals surface area contributed by atoms with Crippen molar-refractivity contribution < 1.29 is 4.74 Å². The van der Waals surface area contributed by atoms with Gasteiger partial charge in [0.15, 0.2) is 0 Å². The van der Waals surface area contributed by atoms with Gasteiger partial charge in [-0.25, -0.2) is 0 Å². The molecular formula is C10H23NO. The summed E-state index contributed by atoms with van der Waals surface area (Å²) in [7, 11) is 1.77. The van der Waals surface area contributed by atoms with Crippen molar-refractivity contribution >= 4 is 0 Å². The molecule has 0 aliphatic carbocycles. The molecule has 0 aromatic heterocycles. The molecule has 0 aliphatic rings. The van der Waals surface area contributed by atoms with Crippen LogP contribution in [0.1, 0.15) is 34.1 Å². The summed E-state index contributed by atoms with van der Waals surface area (Å²) in [4.78, 5) is 2.45. The fraction of sp³-hybridized carbons (Fsp3) is 1.00. The molecule has 0 spiro atoms. The van der Waals surface area contributed by atoms with Gasteiger partial charge in [0.2, 0.25) is 0 Å². The van der Waals surface area contributed by atoms with Crippen LogP contribution in [0.3, 0.4) is 0 Å². The Hall–Kier alpha value is -0.0800. The number of ether oxygens (including phenoxy) is 1. The molecule has 0 saturated heterocycles. The molecular weight excluding hydrogens is 150 g/mol. The van der Waals surface area contributed by atoms with Crippen LogP contribution in [0.4, 0.5) is 0 Å². The second-order valence-corrected chi connectivity index (χ2v) is 3.83. The fourth-order valence-corrected chi connectivity index (χ4v) is 1.60. The van der Waals surface area contributed by atoms with E-state index in [1.165, 1.54) is 6.42 Å². The molecule has 0 aromatic carbocycles. The van der Waals surface area contributed by atoms with Gasteiger partial charge in [0.1, 0.15) is 0 Å². The number of rotatable bonds is 6. The van der Waals surface area contributed by atoms with Gasteiger partial charge in [-0.2, -0.15) is 0 Å². The van der Waals surface area contributed by atoms with Gasteiger partial charge in [0, 0.05) is 12.6 Å². The van der Waals surface area contributed by atoms with Crippen LogP contribution in [0.5, 0.6) is 0 Å². The molecule has 2 nitrogen and oxygen atoms in total. The molecule has 0 N–H and O–H groups in total. The highest BCUT2D eigenvalue weighted by Crippen LogP contribution is 2.14. The molecule has 0 amide bonds. The Bertz CT molecular complexity index is 112. The highest BCUT2D eigenvalue weighted by atomic mass is 16.5. The first kappa shape index (κ1) is 11.9. The Morgan fingerprint density at radius 1 is 1.25 bits per heavy atom.